The van der Waals surface area contributed by atoms with Crippen molar-refractivity contribution in [3.63, 3.8) is 0 Å². The van der Waals surface area contributed by atoms with E-state index in [1.165, 1.54) is 0 Å². The lowest BCUT2D eigenvalue weighted by Gasteiger charge is -2.19. The second kappa shape index (κ2) is 4.28. The van der Waals surface area contributed by atoms with Crippen LogP contribution in [0.1, 0.15) is 25.7 Å². The molecule has 1 heterocycles. The third-order valence-corrected chi connectivity index (χ3v) is 3.27. The second-order valence-corrected chi connectivity index (χ2v) is 4.52. The van der Waals surface area contributed by atoms with E-state index in [1.807, 2.05) is 5.32 Å². The number of urea groups is 2. The highest BCUT2D eigenvalue weighted by atomic mass is 16.2. The molecule has 2 rings (SSSR count). The van der Waals surface area contributed by atoms with Gasteiger partial charge in [0, 0.05) is 0 Å². The van der Waals surface area contributed by atoms with Gasteiger partial charge in [0.2, 0.25) is 5.91 Å². The third-order valence-electron chi connectivity index (χ3n) is 3.27. The summed E-state index contributed by atoms with van der Waals surface area (Å²) in [7, 11) is 0. The first-order chi connectivity index (χ1) is 8.44. The van der Waals surface area contributed by atoms with Crippen molar-refractivity contribution < 1.29 is 19.2 Å². The molecule has 6 amide bonds. The Kier molecular flexibility index (Phi) is 2.93. The minimum atomic E-state index is -1.01. The second-order valence-electron chi connectivity index (χ2n) is 4.52. The van der Waals surface area contributed by atoms with Crippen LogP contribution in [0, 0.1) is 0 Å². The molecule has 0 unspecified atom stereocenters. The normalized spacial score (nSPS) is 21.2. The number of hydrogen-bond donors (Lipinski definition) is 3. The van der Waals surface area contributed by atoms with Crippen LogP contribution in [0.4, 0.5) is 9.59 Å². The summed E-state index contributed by atoms with van der Waals surface area (Å²) in [4.78, 5) is 46.4. The fraction of sp³-hybridized carbons (Fsp3) is 0.600. The predicted octanol–water partition coefficient (Wildman–Crippen LogP) is -0.954. The number of nitrogens with zero attached hydrogens (tertiary/aromatic N) is 1. The van der Waals surface area contributed by atoms with Gasteiger partial charge in [-0.3, -0.25) is 19.8 Å². The van der Waals surface area contributed by atoms with Gasteiger partial charge in [0.25, 0.3) is 5.91 Å². The molecule has 0 aromatic heterocycles. The minimum Gasteiger partial charge on any atom is -0.351 e. The average Bonchev–Trinajstić information content (AvgIpc) is 2.80. The predicted molar refractivity (Wildman–Crippen MR) is 59.2 cm³/mol. The van der Waals surface area contributed by atoms with Crippen molar-refractivity contribution in [2.24, 2.45) is 5.73 Å². The van der Waals surface area contributed by atoms with Crippen molar-refractivity contribution in [3.8, 4) is 0 Å². The third kappa shape index (κ3) is 2.01. The lowest BCUT2D eigenvalue weighted by atomic mass is 9.98. The van der Waals surface area contributed by atoms with Gasteiger partial charge in [-0.1, -0.05) is 12.8 Å². The van der Waals surface area contributed by atoms with Crippen molar-refractivity contribution in [2.45, 2.75) is 31.2 Å². The van der Waals surface area contributed by atoms with E-state index in [9.17, 15) is 19.2 Å². The quantitative estimate of drug-likeness (QED) is 0.549. The molecule has 0 aromatic rings. The summed E-state index contributed by atoms with van der Waals surface area (Å²) in [6, 6.07) is -1.61. The zero-order valence-electron chi connectivity index (χ0n) is 9.69. The van der Waals surface area contributed by atoms with Gasteiger partial charge in [0.1, 0.15) is 12.1 Å². The van der Waals surface area contributed by atoms with E-state index in [2.05, 4.69) is 5.32 Å². The number of carbonyl (C=O) groups excluding carboxylic acids is 4. The Labute approximate surface area is 103 Å². The summed E-state index contributed by atoms with van der Waals surface area (Å²) in [5, 5.41) is 4.44. The van der Waals surface area contributed by atoms with Crippen molar-refractivity contribution in [2.75, 3.05) is 6.54 Å². The number of primary amides is 1. The van der Waals surface area contributed by atoms with Gasteiger partial charge in [-0.2, -0.15) is 0 Å². The molecular weight excluding hydrogens is 240 g/mol. The molecule has 0 aromatic carbocycles. The first-order valence-electron chi connectivity index (χ1n) is 5.68. The maximum absolute atomic E-state index is 12.1. The monoisotopic (exact) mass is 254 g/mol. The topological polar surface area (TPSA) is 122 Å². The summed E-state index contributed by atoms with van der Waals surface area (Å²) in [5.74, 6) is -1.18. The van der Waals surface area contributed by atoms with Gasteiger partial charge >= 0.3 is 12.1 Å². The summed E-state index contributed by atoms with van der Waals surface area (Å²) in [6.07, 6.45) is 2.91. The van der Waals surface area contributed by atoms with E-state index >= 15 is 0 Å². The number of imide groups is 2. The fourth-order valence-corrected chi connectivity index (χ4v) is 2.46. The molecule has 1 spiro atoms. The Balaban J connectivity index is 2.05. The highest BCUT2D eigenvalue weighted by Gasteiger charge is 2.52. The molecule has 0 radical (unpaired) electrons. The highest BCUT2D eigenvalue weighted by Crippen LogP contribution is 2.34. The molecule has 1 saturated carbocycles. The Morgan fingerprint density at radius 3 is 2.50 bits per heavy atom. The minimum absolute atomic E-state index is 0.398. The Bertz CT molecular complexity index is 428. The van der Waals surface area contributed by atoms with E-state index < -0.39 is 36.0 Å². The molecule has 2 fully saturated rings. The van der Waals surface area contributed by atoms with Crippen LogP contribution in [-0.4, -0.2) is 40.9 Å². The molecule has 0 atom stereocenters. The molecule has 1 aliphatic heterocycles. The molecule has 4 N–H and O–H groups in total. The van der Waals surface area contributed by atoms with E-state index in [0.717, 1.165) is 17.7 Å². The van der Waals surface area contributed by atoms with E-state index in [-0.39, 0.29) is 0 Å². The molecule has 8 nitrogen and oxygen atoms in total. The first kappa shape index (κ1) is 12.3. The highest BCUT2D eigenvalue weighted by molar-refractivity contribution is 6.10. The van der Waals surface area contributed by atoms with Crippen LogP contribution >= 0.6 is 0 Å². The number of nitrogens with one attached hydrogen (secondary N) is 2. The van der Waals surface area contributed by atoms with Crippen molar-refractivity contribution in [3.05, 3.63) is 0 Å². The first-order valence-corrected chi connectivity index (χ1v) is 5.68. The fourth-order valence-electron chi connectivity index (χ4n) is 2.46. The van der Waals surface area contributed by atoms with Crippen LogP contribution in [0.2, 0.25) is 0 Å². The van der Waals surface area contributed by atoms with Gasteiger partial charge in [-0.25, -0.2) is 9.59 Å². The van der Waals surface area contributed by atoms with Crippen LogP contribution in [0.25, 0.3) is 0 Å². The largest absolute Gasteiger partial charge is 0.351 e. The number of amides is 6. The van der Waals surface area contributed by atoms with Crippen molar-refractivity contribution in [1.29, 1.82) is 0 Å². The van der Waals surface area contributed by atoms with Gasteiger partial charge in [0.05, 0.1) is 0 Å². The van der Waals surface area contributed by atoms with Crippen LogP contribution in [0.15, 0.2) is 0 Å². The van der Waals surface area contributed by atoms with Gasteiger partial charge in [0.15, 0.2) is 0 Å². The Hall–Kier alpha value is -2.12. The number of nitrogens with two attached hydrogens (primary N) is 1. The number of carbonyl (C=O) groups is 4. The standard InChI is InChI=1S/C10H14N4O4/c11-8(17)12-6(15)5-14-7(16)10(13-9(14)18)3-1-2-4-10/h1-5H2,(H,13,18)(H3,11,12,15,17). The van der Waals surface area contributed by atoms with Crippen LogP contribution < -0.4 is 16.4 Å². The van der Waals surface area contributed by atoms with Gasteiger partial charge in [-0.05, 0) is 12.8 Å². The Morgan fingerprint density at radius 1 is 1.33 bits per heavy atom. The molecule has 1 aliphatic carbocycles. The average molecular weight is 254 g/mol. The molecular formula is C10H14N4O4. The molecule has 18 heavy (non-hydrogen) atoms. The summed E-state index contributed by atoms with van der Waals surface area (Å²) in [5.41, 5.74) is 3.93. The van der Waals surface area contributed by atoms with Crippen LogP contribution in [0.3, 0.4) is 0 Å². The SMILES string of the molecule is NC(=O)NC(=O)CN1C(=O)NC2(CCCC2)C1=O. The summed E-state index contributed by atoms with van der Waals surface area (Å²) >= 11 is 0. The number of hydrogen-bond acceptors (Lipinski definition) is 4. The molecule has 0 bridgehead atoms. The smallest absolute Gasteiger partial charge is 0.325 e. The van der Waals surface area contributed by atoms with Crippen molar-refractivity contribution in [1.82, 2.24) is 15.5 Å². The maximum Gasteiger partial charge on any atom is 0.325 e. The Morgan fingerprint density at radius 2 is 1.94 bits per heavy atom. The van der Waals surface area contributed by atoms with Gasteiger partial charge < -0.3 is 11.1 Å². The zero-order valence-corrected chi connectivity index (χ0v) is 9.69. The van der Waals surface area contributed by atoms with Gasteiger partial charge in [-0.15, -0.1) is 0 Å². The maximum atomic E-state index is 12.1. The van der Waals surface area contributed by atoms with E-state index in [1.54, 1.807) is 0 Å². The number of rotatable bonds is 2. The summed E-state index contributed by atoms with van der Waals surface area (Å²) < 4.78 is 0. The van der Waals surface area contributed by atoms with Crippen LogP contribution in [-0.2, 0) is 9.59 Å². The van der Waals surface area contributed by atoms with Crippen molar-refractivity contribution >= 4 is 23.9 Å². The molecule has 1 saturated heterocycles. The molecule has 8 heteroatoms. The lowest BCUT2D eigenvalue weighted by molar-refractivity contribution is -0.134. The molecule has 2 aliphatic rings. The lowest BCUT2D eigenvalue weighted by Crippen LogP contribution is -2.46. The van der Waals surface area contributed by atoms with Crippen LogP contribution in [0.5, 0.6) is 0 Å². The molecule has 98 valence electrons. The summed E-state index contributed by atoms with van der Waals surface area (Å²) in [6.45, 7) is -0.491. The zero-order chi connectivity index (χ0) is 13.3. The van der Waals surface area contributed by atoms with E-state index in [4.69, 9.17) is 5.73 Å². The van der Waals surface area contributed by atoms with E-state index in [0.29, 0.717) is 12.8 Å².